The number of benzene rings is 2. The van der Waals surface area contributed by atoms with Gasteiger partial charge in [0, 0.05) is 23.3 Å². The van der Waals surface area contributed by atoms with Gasteiger partial charge in [-0.05, 0) is 64.3 Å². The first-order valence-corrected chi connectivity index (χ1v) is 10.5. The van der Waals surface area contributed by atoms with E-state index in [-0.39, 0.29) is 11.3 Å². The molecule has 1 heterocycles. The number of hydrazine groups is 1. The Balaban J connectivity index is 1.67. The number of hydrogen-bond acceptors (Lipinski definition) is 5. The lowest BCUT2D eigenvalue weighted by Gasteiger charge is -2.17. The van der Waals surface area contributed by atoms with Crippen molar-refractivity contribution >= 4 is 33.8 Å². The minimum Gasteiger partial charge on any atom is -0.410 e. The zero-order chi connectivity index (χ0) is 22.9. The van der Waals surface area contributed by atoms with Gasteiger partial charge in [-0.25, -0.2) is 4.79 Å². The van der Waals surface area contributed by atoms with Crippen LogP contribution in [0.25, 0.3) is 0 Å². The van der Waals surface area contributed by atoms with E-state index in [9.17, 15) is 14.4 Å². The summed E-state index contributed by atoms with van der Waals surface area (Å²) in [6, 6.07) is 19.1. The normalized spacial score (nSPS) is 11.2. The highest BCUT2D eigenvalue weighted by molar-refractivity contribution is 9.10. The molecule has 3 amide bonds. The Morgan fingerprint density at radius 1 is 0.969 bits per heavy atom. The van der Waals surface area contributed by atoms with Crippen LogP contribution in [-0.4, -0.2) is 29.9 Å². The van der Waals surface area contributed by atoms with Gasteiger partial charge in [-0.1, -0.05) is 30.3 Å². The molecule has 0 saturated heterocycles. The first-order valence-electron chi connectivity index (χ1n) is 9.71. The predicted octanol–water partition coefficient (Wildman–Crippen LogP) is 3.35. The van der Waals surface area contributed by atoms with Crippen LogP contribution in [0.3, 0.4) is 0 Å². The van der Waals surface area contributed by atoms with Crippen molar-refractivity contribution in [2.45, 2.75) is 12.3 Å². The maximum absolute atomic E-state index is 12.9. The van der Waals surface area contributed by atoms with Gasteiger partial charge in [0.2, 0.25) is 5.91 Å². The number of ether oxygens (including phenoxy) is 1. The summed E-state index contributed by atoms with van der Waals surface area (Å²) in [6.45, 7) is 0. The van der Waals surface area contributed by atoms with Crippen LogP contribution >= 0.6 is 15.9 Å². The van der Waals surface area contributed by atoms with Crippen molar-refractivity contribution in [2.24, 2.45) is 0 Å². The minimum atomic E-state index is -0.611. The molecule has 3 aromatic rings. The molecule has 1 aromatic heterocycles. The number of carbonyl (C=O) groups excluding carboxylic acids is 3. The summed E-state index contributed by atoms with van der Waals surface area (Å²) in [5.74, 6) is -1.22. The monoisotopic (exact) mass is 496 g/mol. The van der Waals surface area contributed by atoms with E-state index in [1.807, 2.05) is 36.4 Å². The number of halogens is 1. The van der Waals surface area contributed by atoms with E-state index in [0.717, 1.165) is 10.0 Å². The second-order valence-electron chi connectivity index (χ2n) is 6.75. The summed E-state index contributed by atoms with van der Waals surface area (Å²) >= 11 is 3.35. The molecule has 32 heavy (non-hydrogen) atoms. The SMILES string of the molecule is CNC(=O)Oc1ccc(C(=O)NNC(=O)C(Cc2ccccc2)c2ccc(Br)cn2)cc1. The van der Waals surface area contributed by atoms with Crippen LogP contribution in [0, 0.1) is 0 Å². The van der Waals surface area contributed by atoms with Crippen molar-refractivity contribution in [1.82, 2.24) is 21.2 Å². The van der Waals surface area contributed by atoms with Crippen molar-refractivity contribution in [3.05, 3.63) is 94.2 Å². The highest BCUT2D eigenvalue weighted by Gasteiger charge is 2.23. The van der Waals surface area contributed by atoms with E-state index in [1.54, 1.807) is 12.3 Å². The molecule has 8 nitrogen and oxygen atoms in total. The predicted molar refractivity (Wildman–Crippen MR) is 122 cm³/mol. The fourth-order valence-electron chi connectivity index (χ4n) is 2.88. The lowest BCUT2D eigenvalue weighted by Crippen LogP contribution is -2.44. The molecule has 164 valence electrons. The third kappa shape index (κ3) is 6.39. The van der Waals surface area contributed by atoms with Gasteiger partial charge in [0.05, 0.1) is 11.6 Å². The Labute approximate surface area is 193 Å². The molecule has 0 radical (unpaired) electrons. The van der Waals surface area contributed by atoms with Crippen molar-refractivity contribution in [3.63, 3.8) is 0 Å². The summed E-state index contributed by atoms with van der Waals surface area (Å²) in [5.41, 5.74) is 6.75. The fourth-order valence-corrected chi connectivity index (χ4v) is 3.12. The average Bonchev–Trinajstić information content (AvgIpc) is 2.82. The summed E-state index contributed by atoms with van der Waals surface area (Å²) in [6.07, 6.45) is 1.44. The standard InChI is InChI=1S/C23H21BrN4O4/c1-25-23(31)32-18-10-7-16(8-11-18)21(29)27-28-22(30)19(13-15-5-3-2-4-6-15)20-12-9-17(24)14-26-20/h2-12,14,19H,13H2,1H3,(H,25,31)(H,27,29)(H,28,30). The van der Waals surface area contributed by atoms with E-state index in [4.69, 9.17) is 4.74 Å². The molecule has 1 atom stereocenters. The Morgan fingerprint density at radius 2 is 1.69 bits per heavy atom. The van der Waals surface area contributed by atoms with E-state index < -0.39 is 23.8 Å². The molecule has 0 bridgehead atoms. The van der Waals surface area contributed by atoms with Gasteiger partial charge < -0.3 is 10.1 Å². The molecule has 1 unspecified atom stereocenters. The second-order valence-corrected chi connectivity index (χ2v) is 7.67. The Kier molecular flexibility index (Phi) is 7.93. The maximum atomic E-state index is 12.9. The smallest absolute Gasteiger partial charge is 0.410 e. The van der Waals surface area contributed by atoms with Gasteiger partial charge in [0.25, 0.3) is 5.91 Å². The van der Waals surface area contributed by atoms with Crippen LogP contribution in [0.15, 0.2) is 77.4 Å². The van der Waals surface area contributed by atoms with E-state index >= 15 is 0 Å². The number of carbonyl (C=O) groups is 3. The van der Waals surface area contributed by atoms with Gasteiger partial charge in [-0.2, -0.15) is 0 Å². The van der Waals surface area contributed by atoms with Crippen molar-refractivity contribution in [1.29, 1.82) is 0 Å². The highest BCUT2D eigenvalue weighted by atomic mass is 79.9. The molecule has 9 heteroatoms. The highest BCUT2D eigenvalue weighted by Crippen LogP contribution is 2.21. The minimum absolute atomic E-state index is 0.286. The first kappa shape index (κ1) is 23.0. The summed E-state index contributed by atoms with van der Waals surface area (Å²) in [4.78, 5) is 41.0. The largest absolute Gasteiger partial charge is 0.412 e. The van der Waals surface area contributed by atoms with Gasteiger partial charge in [-0.3, -0.25) is 25.4 Å². The summed E-state index contributed by atoms with van der Waals surface area (Å²) < 4.78 is 5.78. The maximum Gasteiger partial charge on any atom is 0.412 e. The number of amides is 3. The molecule has 0 fully saturated rings. The lowest BCUT2D eigenvalue weighted by molar-refractivity contribution is -0.123. The van der Waals surface area contributed by atoms with Crippen LogP contribution in [-0.2, 0) is 11.2 Å². The number of nitrogens with one attached hydrogen (secondary N) is 3. The number of pyridine rings is 1. The van der Waals surface area contributed by atoms with E-state index in [0.29, 0.717) is 12.1 Å². The Bertz CT molecular complexity index is 1070. The first-order chi connectivity index (χ1) is 15.5. The van der Waals surface area contributed by atoms with Crippen molar-refractivity contribution in [3.8, 4) is 5.75 Å². The van der Waals surface area contributed by atoms with Crippen LogP contribution in [0.2, 0.25) is 0 Å². The molecule has 0 aliphatic carbocycles. The molecular formula is C23H21BrN4O4. The zero-order valence-corrected chi connectivity index (χ0v) is 18.8. The molecule has 0 saturated carbocycles. The van der Waals surface area contributed by atoms with Crippen molar-refractivity contribution < 1.29 is 19.1 Å². The molecule has 0 aliphatic heterocycles. The van der Waals surface area contributed by atoms with E-state index in [2.05, 4.69) is 37.1 Å². The second kappa shape index (κ2) is 11.1. The lowest BCUT2D eigenvalue weighted by atomic mass is 9.95. The number of aromatic nitrogens is 1. The zero-order valence-electron chi connectivity index (χ0n) is 17.2. The number of hydrogen-bond donors (Lipinski definition) is 3. The molecule has 3 rings (SSSR count). The molecule has 0 spiro atoms. The van der Waals surface area contributed by atoms with Crippen LogP contribution in [0.1, 0.15) is 27.5 Å². The third-order valence-electron chi connectivity index (χ3n) is 4.54. The van der Waals surface area contributed by atoms with Crippen molar-refractivity contribution in [2.75, 3.05) is 7.05 Å². The van der Waals surface area contributed by atoms with E-state index in [1.165, 1.54) is 31.3 Å². The third-order valence-corrected chi connectivity index (χ3v) is 5.01. The Hall–Kier alpha value is -3.72. The molecule has 3 N–H and O–H groups in total. The van der Waals surface area contributed by atoms with Gasteiger partial charge >= 0.3 is 6.09 Å². The van der Waals surface area contributed by atoms with Crippen LogP contribution < -0.4 is 20.9 Å². The fraction of sp³-hybridized carbons (Fsp3) is 0.130. The summed E-state index contributed by atoms with van der Waals surface area (Å²) in [7, 11) is 1.45. The summed E-state index contributed by atoms with van der Waals surface area (Å²) in [5, 5.41) is 2.33. The van der Waals surface area contributed by atoms with Gasteiger partial charge in [0.1, 0.15) is 5.75 Å². The van der Waals surface area contributed by atoms with Gasteiger partial charge in [-0.15, -0.1) is 0 Å². The molecule has 2 aromatic carbocycles. The Morgan fingerprint density at radius 3 is 2.31 bits per heavy atom. The molecular weight excluding hydrogens is 476 g/mol. The quantitative estimate of drug-likeness (QED) is 0.453. The number of rotatable bonds is 6. The average molecular weight is 497 g/mol. The number of nitrogens with zero attached hydrogens (tertiary/aromatic N) is 1. The van der Waals surface area contributed by atoms with Crippen LogP contribution in [0.5, 0.6) is 5.75 Å². The topological polar surface area (TPSA) is 109 Å². The van der Waals surface area contributed by atoms with Crippen LogP contribution in [0.4, 0.5) is 4.79 Å². The van der Waals surface area contributed by atoms with Gasteiger partial charge in [0.15, 0.2) is 0 Å². The molecule has 0 aliphatic rings.